The molecule has 0 spiro atoms. The lowest BCUT2D eigenvalue weighted by molar-refractivity contribution is -0.147. The van der Waals surface area contributed by atoms with Gasteiger partial charge in [0.2, 0.25) is 0 Å². The lowest BCUT2D eigenvalue weighted by Crippen LogP contribution is -2.23. The zero-order chi connectivity index (χ0) is 14.5. The minimum atomic E-state index is -1.04. The lowest BCUT2D eigenvalue weighted by Gasteiger charge is -2.16. The van der Waals surface area contributed by atoms with Crippen molar-refractivity contribution in [3.63, 3.8) is 0 Å². The van der Waals surface area contributed by atoms with Crippen LogP contribution in [0.3, 0.4) is 0 Å². The molecule has 106 valence electrons. The second-order valence-corrected chi connectivity index (χ2v) is 4.74. The number of benzene rings is 2. The van der Waals surface area contributed by atoms with Gasteiger partial charge in [0, 0.05) is 6.42 Å². The van der Waals surface area contributed by atoms with Crippen LogP contribution in [-0.4, -0.2) is 24.5 Å². The van der Waals surface area contributed by atoms with Crippen molar-refractivity contribution in [2.24, 2.45) is 5.92 Å². The Balaban J connectivity index is 2.02. The van der Waals surface area contributed by atoms with Crippen LogP contribution in [0.5, 0.6) is 5.75 Å². The van der Waals surface area contributed by atoms with Crippen LogP contribution in [0.1, 0.15) is 13.3 Å². The fourth-order valence-corrected chi connectivity index (χ4v) is 2.05. The Hall–Kier alpha value is -2.07. The van der Waals surface area contributed by atoms with Gasteiger partial charge in [-0.15, -0.1) is 0 Å². The molecule has 0 aliphatic rings. The molecule has 1 N–H and O–H groups in total. The molecule has 0 fully saturated rings. The molecule has 2 unspecified atom stereocenters. The summed E-state index contributed by atoms with van der Waals surface area (Å²) in [4.78, 5) is 11.3. The van der Waals surface area contributed by atoms with Crippen LogP contribution in [0.25, 0.3) is 10.8 Å². The molecule has 4 nitrogen and oxygen atoms in total. The highest BCUT2D eigenvalue weighted by Crippen LogP contribution is 2.22. The van der Waals surface area contributed by atoms with Gasteiger partial charge in [-0.3, -0.25) is 4.79 Å². The first-order valence-corrected chi connectivity index (χ1v) is 6.51. The number of methoxy groups -OCH3 is 1. The zero-order valence-corrected chi connectivity index (χ0v) is 11.6. The summed E-state index contributed by atoms with van der Waals surface area (Å²) in [5, 5.41) is 12.0. The van der Waals surface area contributed by atoms with Crippen LogP contribution in [0.2, 0.25) is 0 Å². The van der Waals surface area contributed by atoms with Crippen molar-refractivity contribution in [1.29, 1.82) is 0 Å². The summed E-state index contributed by atoms with van der Waals surface area (Å²) in [7, 11) is 1.33. The average molecular weight is 274 g/mol. The van der Waals surface area contributed by atoms with Gasteiger partial charge >= 0.3 is 5.97 Å². The van der Waals surface area contributed by atoms with Gasteiger partial charge in [-0.2, -0.15) is 0 Å². The average Bonchev–Trinajstić information content (AvgIpc) is 2.46. The maximum absolute atomic E-state index is 11.3. The molecular weight excluding hydrogens is 256 g/mol. The van der Waals surface area contributed by atoms with Crippen molar-refractivity contribution in [1.82, 2.24) is 0 Å². The molecule has 0 saturated carbocycles. The normalized spacial score (nSPS) is 13.8. The summed E-state index contributed by atoms with van der Waals surface area (Å²) in [5.74, 6) is -0.185. The quantitative estimate of drug-likeness (QED) is 0.673. The first kappa shape index (κ1) is 14.3. The summed E-state index contributed by atoms with van der Waals surface area (Å²) in [6.45, 7) is 1.69. The van der Waals surface area contributed by atoms with Crippen molar-refractivity contribution >= 4 is 16.7 Å². The number of hydrogen-bond acceptors (Lipinski definition) is 4. The van der Waals surface area contributed by atoms with Gasteiger partial charge in [0.1, 0.15) is 5.75 Å². The van der Waals surface area contributed by atoms with Crippen LogP contribution >= 0.6 is 0 Å². The number of hydrogen-bond donors (Lipinski definition) is 1. The second kappa shape index (κ2) is 6.39. The van der Waals surface area contributed by atoms with Crippen LogP contribution in [-0.2, 0) is 9.53 Å². The molecule has 0 amide bonds. The van der Waals surface area contributed by atoms with Crippen molar-refractivity contribution < 1.29 is 19.4 Å². The summed E-state index contributed by atoms with van der Waals surface area (Å²) in [6, 6.07) is 13.5. The van der Waals surface area contributed by atoms with Gasteiger partial charge in [0.05, 0.1) is 13.0 Å². The van der Waals surface area contributed by atoms with E-state index in [0.29, 0.717) is 5.75 Å². The molecular formula is C16H18O4. The number of fused-ring (bicyclic) bond motifs is 1. The van der Waals surface area contributed by atoms with E-state index in [2.05, 4.69) is 4.74 Å². The predicted octanol–water partition coefficient (Wildman–Crippen LogP) is 2.74. The van der Waals surface area contributed by atoms with Gasteiger partial charge in [-0.1, -0.05) is 37.3 Å². The Morgan fingerprint density at radius 2 is 1.90 bits per heavy atom. The highest BCUT2D eigenvalue weighted by molar-refractivity contribution is 5.83. The number of aliphatic hydroxyl groups is 1. The predicted molar refractivity (Wildman–Crippen MR) is 76.4 cm³/mol. The number of aliphatic hydroxyl groups excluding tert-OH is 1. The molecule has 2 aromatic rings. The minimum Gasteiger partial charge on any atom is -0.469 e. The summed E-state index contributed by atoms with van der Waals surface area (Å²) >= 11 is 0. The van der Waals surface area contributed by atoms with E-state index in [0.717, 1.165) is 10.8 Å². The molecule has 2 rings (SSSR count). The Bertz CT molecular complexity index is 594. The van der Waals surface area contributed by atoms with Gasteiger partial charge in [-0.25, -0.2) is 0 Å². The first-order valence-electron chi connectivity index (χ1n) is 6.51. The van der Waals surface area contributed by atoms with Crippen LogP contribution in [0, 0.1) is 5.92 Å². The van der Waals surface area contributed by atoms with E-state index in [-0.39, 0.29) is 12.4 Å². The molecule has 20 heavy (non-hydrogen) atoms. The van der Waals surface area contributed by atoms with E-state index in [1.807, 2.05) is 36.4 Å². The Labute approximate surface area is 117 Å². The highest BCUT2D eigenvalue weighted by Gasteiger charge is 2.19. The molecule has 0 radical (unpaired) electrons. The van der Waals surface area contributed by atoms with E-state index in [9.17, 15) is 9.90 Å². The summed E-state index contributed by atoms with van der Waals surface area (Å²) in [5.41, 5.74) is 0. The molecule has 0 bridgehead atoms. The third kappa shape index (κ3) is 3.48. The number of esters is 1. The van der Waals surface area contributed by atoms with Crippen LogP contribution in [0.4, 0.5) is 0 Å². The monoisotopic (exact) mass is 274 g/mol. The minimum absolute atomic E-state index is 0.194. The fraction of sp³-hybridized carbons (Fsp3) is 0.312. The molecule has 0 aromatic heterocycles. The lowest BCUT2D eigenvalue weighted by atomic mass is 10.1. The summed E-state index contributed by atoms with van der Waals surface area (Å²) in [6.07, 6.45) is -0.843. The van der Waals surface area contributed by atoms with E-state index in [1.54, 1.807) is 13.0 Å². The topological polar surface area (TPSA) is 55.8 Å². The summed E-state index contributed by atoms with van der Waals surface area (Å²) < 4.78 is 10.1. The van der Waals surface area contributed by atoms with Crippen molar-refractivity contribution in [2.75, 3.05) is 7.11 Å². The largest absolute Gasteiger partial charge is 0.469 e. The molecule has 4 heteroatoms. The number of carbonyl (C=O) groups is 1. The second-order valence-electron chi connectivity index (χ2n) is 4.74. The molecule has 0 aliphatic carbocycles. The maximum atomic E-state index is 11.3. The zero-order valence-electron chi connectivity index (χ0n) is 11.6. The SMILES string of the molecule is COC(=O)C(C)CC(O)Oc1ccc2ccccc2c1. The smallest absolute Gasteiger partial charge is 0.308 e. The van der Waals surface area contributed by atoms with Gasteiger partial charge < -0.3 is 14.6 Å². The third-order valence-corrected chi connectivity index (χ3v) is 3.15. The molecule has 2 atom stereocenters. The first-order chi connectivity index (χ1) is 9.60. The van der Waals surface area contributed by atoms with Gasteiger partial charge in [-0.05, 0) is 22.9 Å². The van der Waals surface area contributed by atoms with Gasteiger partial charge in [0.25, 0.3) is 0 Å². The Kier molecular flexibility index (Phi) is 4.58. The van der Waals surface area contributed by atoms with Crippen LogP contribution in [0.15, 0.2) is 42.5 Å². The van der Waals surface area contributed by atoms with E-state index < -0.39 is 12.2 Å². The van der Waals surface area contributed by atoms with E-state index in [4.69, 9.17) is 4.74 Å². The fourth-order valence-electron chi connectivity index (χ4n) is 2.05. The van der Waals surface area contributed by atoms with E-state index >= 15 is 0 Å². The number of rotatable bonds is 5. The Morgan fingerprint density at radius 3 is 2.60 bits per heavy atom. The number of ether oxygens (including phenoxy) is 2. The molecule has 0 aliphatic heterocycles. The highest BCUT2D eigenvalue weighted by atomic mass is 16.6. The van der Waals surface area contributed by atoms with Crippen molar-refractivity contribution in [3.05, 3.63) is 42.5 Å². The van der Waals surface area contributed by atoms with E-state index in [1.165, 1.54) is 7.11 Å². The third-order valence-electron chi connectivity index (χ3n) is 3.15. The molecule has 2 aromatic carbocycles. The van der Waals surface area contributed by atoms with Crippen molar-refractivity contribution in [3.8, 4) is 5.75 Å². The maximum Gasteiger partial charge on any atom is 0.308 e. The molecule has 0 saturated heterocycles. The van der Waals surface area contributed by atoms with Gasteiger partial charge in [0.15, 0.2) is 6.29 Å². The van der Waals surface area contributed by atoms with Crippen LogP contribution < -0.4 is 4.74 Å². The number of carbonyl (C=O) groups excluding carboxylic acids is 1. The molecule has 0 heterocycles. The standard InChI is InChI=1S/C16H18O4/c1-11(16(18)19-2)9-15(17)20-14-8-7-12-5-3-4-6-13(12)10-14/h3-8,10-11,15,17H,9H2,1-2H3. The Morgan fingerprint density at radius 1 is 1.20 bits per heavy atom. The van der Waals surface area contributed by atoms with Crippen molar-refractivity contribution in [2.45, 2.75) is 19.6 Å².